The summed E-state index contributed by atoms with van der Waals surface area (Å²) in [5, 5.41) is 16.9. The molecule has 3 aromatic rings. The zero-order chi connectivity index (χ0) is 19.2. The maximum absolute atomic E-state index is 12.8. The number of nitrogens with zero attached hydrogens (tertiary/aromatic N) is 2. The predicted molar refractivity (Wildman–Crippen MR) is 107 cm³/mol. The number of pyridine rings is 2. The number of benzene rings is 1. The van der Waals surface area contributed by atoms with Crippen LogP contribution in [-0.4, -0.2) is 10.7 Å². The average molecular weight is 447 g/mol. The summed E-state index contributed by atoms with van der Waals surface area (Å²) in [5.41, 5.74) is 0.148. The highest BCUT2D eigenvalue weighted by atomic mass is 79.9. The molecule has 2 aromatic heterocycles. The van der Waals surface area contributed by atoms with Crippen molar-refractivity contribution in [1.29, 1.82) is 0 Å². The molecule has 1 N–H and O–H groups in total. The highest BCUT2D eigenvalue weighted by Crippen LogP contribution is 2.47. The summed E-state index contributed by atoms with van der Waals surface area (Å²) in [6.45, 7) is 3.81. The van der Waals surface area contributed by atoms with Crippen LogP contribution in [0.5, 0.6) is 5.75 Å². The third kappa shape index (κ3) is 2.98. The summed E-state index contributed by atoms with van der Waals surface area (Å²) in [7, 11) is 0. The first-order chi connectivity index (χ1) is 12.8. The van der Waals surface area contributed by atoms with Crippen molar-refractivity contribution in [2.45, 2.75) is 25.1 Å². The number of ether oxygens (including phenoxy) is 1. The van der Waals surface area contributed by atoms with Gasteiger partial charge in [0.05, 0.1) is 10.7 Å². The molecule has 1 atom stereocenters. The number of fused-ring (bicyclic) bond motifs is 1. The molecule has 0 aliphatic carbocycles. The molecule has 5 nitrogen and oxygen atoms in total. The van der Waals surface area contributed by atoms with Gasteiger partial charge in [-0.15, -0.1) is 0 Å². The van der Waals surface area contributed by atoms with Crippen LogP contribution in [0.2, 0.25) is 5.02 Å². The van der Waals surface area contributed by atoms with Crippen LogP contribution in [0.3, 0.4) is 0 Å². The van der Waals surface area contributed by atoms with E-state index in [-0.39, 0.29) is 0 Å². The minimum absolute atomic E-state index is 0.496. The van der Waals surface area contributed by atoms with Crippen LogP contribution in [0, 0.1) is 5.21 Å². The number of hydrogen-bond acceptors (Lipinski definition) is 4. The first kappa shape index (κ1) is 18.2. The van der Waals surface area contributed by atoms with Crippen molar-refractivity contribution >= 4 is 27.5 Å². The lowest BCUT2D eigenvalue weighted by atomic mass is 9.79. The molecule has 0 spiro atoms. The van der Waals surface area contributed by atoms with Gasteiger partial charge in [0.15, 0.2) is 17.5 Å². The number of hydrogen-bond donors (Lipinski definition) is 1. The maximum Gasteiger partial charge on any atom is 0.224 e. The van der Waals surface area contributed by atoms with Crippen LogP contribution in [-0.2, 0) is 5.54 Å². The molecule has 138 valence electrons. The predicted octanol–water partition coefficient (Wildman–Crippen LogP) is 4.14. The first-order valence-corrected chi connectivity index (χ1v) is 9.59. The molecule has 0 saturated carbocycles. The van der Waals surface area contributed by atoms with Gasteiger partial charge in [0.1, 0.15) is 5.75 Å². The Labute approximate surface area is 170 Å². The van der Waals surface area contributed by atoms with Crippen LogP contribution in [0.1, 0.15) is 30.8 Å². The van der Waals surface area contributed by atoms with Gasteiger partial charge < -0.3 is 9.94 Å². The Morgan fingerprint density at radius 1 is 1.19 bits per heavy atom. The normalized spacial score (nSPS) is 20.6. The molecule has 4 rings (SSSR count). The first-order valence-electron chi connectivity index (χ1n) is 8.41. The van der Waals surface area contributed by atoms with Gasteiger partial charge >= 0.3 is 0 Å². The highest BCUT2D eigenvalue weighted by Gasteiger charge is 2.52. The number of halogens is 2. The Balaban J connectivity index is 2.14. The lowest BCUT2D eigenvalue weighted by Crippen LogP contribution is -2.63. The van der Waals surface area contributed by atoms with Gasteiger partial charge in [-0.25, -0.2) is 0 Å². The van der Waals surface area contributed by atoms with Crippen molar-refractivity contribution in [3.8, 4) is 5.75 Å². The number of rotatable bonds is 2. The second-order valence-electron chi connectivity index (χ2n) is 6.88. The van der Waals surface area contributed by atoms with Crippen molar-refractivity contribution in [2.75, 3.05) is 0 Å². The summed E-state index contributed by atoms with van der Waals surface area (Å²) in [6.07, 6.45) is 3.19. The zero-order valence-electron chi connectivity index (χ0n) is 14.7. The van der Waals surface area contributed by atoms with Gasteiger partial charge in [0.25, 0.3) is 0 Å². The SMILES string of the molecule is CC1(C)NC(c2ccccn2)(c2cccc[n+]2[O-])c2cc(Br)c(Cl)cc2O1. The van der Waals surface area contributed by atoms with E-state index in [0.29, 0.717) is 26.6 Å². The fraction of sp³-hybridized carbons (Fsp3) is 0.200. The second kappa shape index (κ2) is 6.48. The topological polar surface area (TPSA) is 61.1 Å². The summed E-state index contributed by atoms with van der Waals surface area (Å²) >= 11 is 9.82. The Kier molecular flexibility index (Phi) is 4.37. The molecule has 0 amide bonds. The molecule has 0 radical (unpaired) electrons. The molecule has 3 heterocycles. The molecule has 0 bridgehead atoms. The third-order valence-corrected chi connectivity index (χ3v) is 5.73. The molecular formula is C20H17BrClN3O2. The average Bonchev–Trinajstić information content (AvgIpc) is 2.63. The second-order valence-corrected chi connectivity index (χ2v) is 8.14. The van der Waals surface area contributed by atoms with Crippen molar-refractivity contribution in [3.63, 3.8) is 0 Å². The van der Waals surface area contributed by atoms with Crippen LogP contribution >= 0.6 is 27.5 Å². The molecule has 0 saturated heterocycles. The van der Waals surface area contributed by atoms with Crippen LogP contribution in [0.25, 0.3) is 0 Å². The van der Waals surface area contributed by atoms with Crippen molar-refractivity contribution in [3.05, 3.63) is 92.6 Å². The van der Waals surface area contributed by atoms with E-state index < -0.39 is 11.3 Å². The van der Waals surface area contributed by atoms with Crippen molar-refractivity contribution in [1.82, 2.24) is 10.3 Å². The van der Waals surface area contributed by atoms with Gasteiger partial charge in [-0.05, 0) is 54.0 Å². The molecule has 1 unspecified atom stereocenters. The van der Waals surface area contributed by atoms with E-state index in [2.05, 4.69) is 26.2 Å². The summed E-state index contributed by atoms with van der Waals surface area (Å²) in [6, 6.07) is 14.6. The third-order valence-electron chi connectivity index (χ3n) is 4.54. The molecule has 0 fully saturated rings. The monoisotopic (exact) mass is 445 g/mol. The van der Waals surface area contributed by atoms with E-state index in [1.807, 2.05) is 44.2 Å². The molecule has 7 heteroatoms. The summed E-state index contributed by atoms with van der Waals surface area (Å²) in [4.78, 5) is 4.59. The standard InChI is InChI=1S/C20H17BrClN3O2/c1-19(2)24-20(17-7-3-5-9-23-17,18-8-4-6-10-25(18)26)13-11-14(21)15(22)12-16(13)27-19/h3-12,24H,1-2H3. The van der Waals surface area contributed by atoms with E-state index in [1.54, 1.807) is 24.4 Å². The lowest BCUT2D eigenvalue weighted by molar-refractivity contribution is -0.618. The molecule has 1 aromatic carbocycles. The lowest BCUT2D eigenvalue weighted by Gasteiger charge is -2.45. The molecule has 27 heavy (non-hydrogen) atoms. The van der Waals surface area contributed by atoms with Gasteiger partial charge in [-0.1, -0.05) is 17.7 Å². The zero-order valence-corrected chi connectivity index (χ0v) is 17.1. The Morgan fingerprint density at radius 3 is 2.67 bits per heavy atom. The minimum Gasteiger partial charge on any atom is -0.618 e. The van der Waals surface area contributed by atoms with E-state index in [1.165, 1.54) is 6.20 Å². The Morgan fingerprint density at radius 2 is 1.96 bits per heavy atom. The fourth-order valence-corrected chi connectivity index (χ4v) is 4.06. The van der Waals surface area contributed by atoms with Crippen LogP contribution < -0.4 is 14.8 Å². The molecule has 1 aliphatic rings. The smallest absolute Gasteiger partial charge is 0.224 e. The van der Waals surface area contributed by atoms with E-state index in [4.69, 9.17) is 16.3 Å². The minimum atomic E-state index is -1.02. The largest absolute Gasteiger partial charge is 0.618 e. The Hall–Kier alpha value is -2.15. The number of aromatic nitrogens is 2. The summed E-state index contributed by atoms with van der Waals surface area (Å²) < 4.78 is 7.70. The fourth-order valence-electron chi connectivity index (χ4n) is 3.56. The number of nitrogens with one attached hydrogen (secondary N) is 1. The maximum atomic E-state index is 12.8. The highest BCUT2D eigenvalue weighted by molar-refractivity contribution is 9.10. The quantitative estimate of drug-likeness (QED) is 0.475. The molecular weight excluding hydrogens is 430 g/mol. The van der Waals surface area contributed by atoms with E-state index in [9.17, 15) is 5.21 Å². The van der Waals surface area contributed by atoms with Crippen molar-refractivity contribution in [2.24, 2.45) is 0 Å². The van der Waals surface area contributed by atoms with Crippen molar-refractivity contribution < 1.29 is 9.47 Å². The Bertz CT molecular complexity index is 1010. The van der Waals surface area contributed by atoms with E-state index in [0.717, 1.165) is 10.3 Å². The van der Waals surface area contributed by atoms with Crippen LogP contribution in [0.4, 0.5) is 0 Å². The van der Waals surface area contributed by atoms with Gasteiger partial charge in [0.2, 0.25) is 5.69 Å². The summed E-state index contributed by atoms with van der Waals surface area (Å²) in [5.74, 6) is 0.599. The van der Waals surface area contributed by atoms with Crippen LogP contribution in [0.15, 0.2) is 65.4 Å². The van der Waals surface area contributed by atoms with E-state index >= 15 is 0 Å². The molecule has 1 aliphatic heterocycles. The van der Waals surface area contributed by atoms with Gasteiger partial charge in [0, 0.05) is 34.4 Å². The van der Waals surface area contributed by atoms with Gasteiger partial charge in [-0.3, -0.25) is 10.3 Å². The van der Waals surface area contributed by atoms with Gasteiger partial charge in [-0.2, -0.15) is 4.73 Å².